The average molecular weight is 375 g/mol. The van der Waals surface area contributed by atoms with E-state index >= 15 is 0 Å². The molecular weight excluding hydrogens is 358 g/mol. The van der Waals surface area contributed by atoms with Gasteiger partial charge in [-0.2, -0.15) is 0 Å². The van der Waals surface area contributed by atoms with Crippen LogP contribution in [0.5, 0.6) is 5.75 Å². The minimum atomic E-state index is -0.455. The maximum absolute atomic E-state index is 12.9. The van der Waals surface area contributed by atoms with Crippen molar-refractivity contribution in [2.45, 2.75) is 0 Å². The van der Waals surface area contributed by atoms with Gasteiger partial charge in [-0.1, -0.05) is 12.1 Å². The highest BCUT2D eigenvalue weighted by atomic mass is 16.3. The fourth-order valence-corrected chi connectivity index (χ4v) is 3.09. The van der Waals surface area contributed by atoms with Crippen LogP contribution in [-0.2, 0) is 7.05 Å². The van der Waals surface area contributed by atoms with Crippen LogP contribution in [0.2, 0.25) is 0 Å². The predicted molar refractivity (Wildman–Crippen MR) is 109 cm³/mol. The first-order valence-corrected chi connectivity index (χ1v) is 8.48. The Morgan fingerprint density at radius 2 is 1.79 bits per heavy atom. The van der Waals surface area contributed by atoms with Gasteiger partial charge >= 0.3 is 0 Å². The molecule has 0 atom stereocenters. The zero-order chi connectivity index (χ0) is 19.8. The second-order valence-electron chi connectivity index (χ2n) is 6.32. The van der Waals surface area contributed by atoms with Crippen LogP contribution in [0.15, 0.2) is 63.1 Å². The van der Waals surface area contributed by atoms with Crippen molar-refractivity contribution >= 4 is 28.5 Å². The molecule has 140 valence electrons. The van der Waals surface area contributed by atoms with E-state index in [9.17, 15) is 14.7 Å². The summed E-state index contributed by atoms with van der Waals surface area (Å²) in [6, 6.07) is 13.8. The molecule has 0 unspecified atom stereocenters. The molecule has 0 fully saturated rings. The molecule has 0 radical (unpaired) electrons. The Morgan fingerprint density at radius 1 is 1.07 bits per heavy atom. The summed E-state index contributed by atoms with van der Waals surface area (Å²) in [5.74, 6) is -0.198. The van der Waals surface area contributed by atoms with E-state index in [1.54, 1.807) is 55.6 Å². The topological polar surface area (TPSA) is 129 Å². The lowest BCUT2D eigenvalue weighted by Crippen LogP contribution is -2.20. The molecule has 4 rings (SSSR count). The minimum Gasteiger partial charge on any atom is -0.506 e. The molecule has 0 bridgehead atoms. The normalized spacial score (nSPS) is 11.5. The second-order valence-corrected chi connectivity index (χ2v) is 6.32. The number of benzene rings is 2. The maximum Gasteiger partial charge on any atom is 0.273 e. The first-order chi connectivity index (χ1) is 13.5. The van der Waals surface area contributed by atoms with E-state index < -0.39 is 11.1 Å². The summed E-state index contributed by atoms with van der Waals surface area (Å²) in [4.78, 5) is 29.4. The summed E-state index contributed by atoms with van der Waals surface area (Å²) in [6.07, 6.45) is 1.35. The first kappa shape index (κ1) is 17.3. The molecular formula is C20H17N5O3. The van der Waals surface area contributed by atoms with Crippen LogP contribution in [-0.4, -0.2) is 26.1 Å². The molecule has 0 saturated heterocycles. The number of aromatic amines is 2. The lowest BCUT2D eigenvalue weighted by molar-refractivity contribution is 0.481. The summed E-state index contributed by atoms with van der Waals surface area (Å²) in [5.41, 5.74) is 6.86. The van der Waals surface area contributed by atoms with Crippen molar-refractivity contribution in [3.8, 4) is 17.0 Å². The highest BCUT2D eigenvalue weighted by Crippen LogP contribution is 2.32. The lowest BCUT2D eigenvalue weighted by Gasteiger charge is -2.11. The Hall–Kier alpha value is -4.07. The number of nitrogen functional groups attached to an aromatic ring is 1. The van der Waals surface area contributed by atoms with Gasteiger partial charge in [0.15, 0.2) is 0 Å². The molecule has 5 N–H and O–H groups in total. The number of hydrogen-bond acceptors (Lipinski definition) is 5. The number of nitrogens with one attached hydrogen (secondary N) is 2. The summed E-state index contributed by atoms with van der Waals surface area (Å²) < 4.78 is 1.43. The molecule has 0 aliphatic rings. The van der Waals surface area contributed by atoms with Crippen LogP contribution >= 0.6 is 0 Å². The zero-order valence-electron chi connectivity index (χ0n) is 14.9. The van der Waals surface area contributed by atoms with Crippen LogP contribution in [0.3, 0.4) is 0 Å². The number of hydrogen-bond donors (Lipinski definition) is 4. The van der Waals surface area contributed by atoms with E-state index in [2.05, 4.69) is 15.2 Å². The molecule has 0 aliphatic heterocycles. The Bertz CT molecular complexity index is 1330. The number of rotatable bonds is 3. The molecule has 8 heteroatoms. The van der Waals surface area contributed by atoms with Gasteiger partial charge in [-0.25, -0.2) is 0 Å². The number of fused-ring (bicyclic) bond motifs is 1. The summed E-state index contributed by atoms with van der Waals surface area (Å²) in [5, 5.41) is 16.4. The molecule has 2 aromatic carbocycles. The Labute approximate surface area is 158 Å². The zero-order valence-corrected chi connectivity index (χ0v) is 14.9. The van der Waals surface area contributed by atoms with Crippen molar-refractivity contribution in [2.75, 3.05) is 5.73 Å². The van der Waals surface area contributed by atoms with Gasteiger partial charge in [-0.3, -0.25) is 24.8 Å². The SMILES string of the molecule is Cn1c(=O)c(-c2[nH][nH]c(=O)c2C=Nc2ccc(N)cc2)c(O)c2ccccc21. The van der Waals surface area contributed by atoms with Gasteiger partial charge in [0.25, 0.3) is 11.1 Å². The average Bonchev–Trinajstić information content (AvgIpc) is 3.06. The van der Waals surface area contributed by atoms with Crippen LogP contribution in [0.25, 0.3) is 22.2 Å². The third-order valence-electron chi connectivity index (χ3n) is 4.58. The summed E-state index contributed by atoms with van der Waals surface area (Å²) in [6.45, 7) is 0. The third kappa shape index (κ3) is 2.77. The molecule has 0 amide bonds. The van der Waals surface area contributed by atoms with E-state index in [1.165, 1.54) is 10.8 Å². The number of aromatic hydroxyl groups is 1. The number of anilines is 1. The Morgan fingerprint density at radius 3 is 2.54 bits per heavy atom. The molecule has 4 aromatic rings. The van der Waals surface area contributed by atoms with Gasteiger partial charge in [0, 0.05) is 24.3 Å². The van der Waals surface area contributed by atoms with E-state index in [4.69, 9.17) is 5.73 Å². The maximum atomic E-state index is 12.9. The second kappa shape index (κ2) is 6.58. The summed E-state index contributed by atoms with van der Waals surface area (Å²) in [7, 11) is 1.61. The van der Waals surface area contributed by atoms with Gasteiger partial charge in [0.2, 0.25) is 0 Å². The minimum absolute atomic E-state index is 0.00157. The van der Waals surface area contributed by atoms with Crippen LogP contribution in [0.4, 0.5) is 11.4 Å². The molecule has 28 heavy (non-hydrogen) atoms. The number of aliphatic imine (C=N–C) groups is 1. The number of aromatic nitrogens is 3. The number of para-hydroxylation sites is 1. The van der Waals surface area contributed by atoms with Crippen molar-refractivity contribution in [3.63, 3.8) is 0 Å². The predicted octanol–water partition coefficient (Wildman–Crippen LogP) is 2.26. The van der Waals surface area contributed by atoms with Crippen LogP contribution in [0.1, 0.15) is 5.56 Å². The highest BCUT2D eigenvalue weighted by molar-refractivity contribution is 5.96. The van der Waals surface area contributed by atoms with Gasteiger partial charge in [0.05, 0.1) is 22.5 Å². The highest BCUT2D eigenvalue weighted by Gasteiger charge is 2.21. The number of nitrogens with zero attached hydrogens (tertiary/aromatic N) is 2. The van der Waals surface area contributed by atoms with Crippen molar-refractivity contribution in [1.29, 1.82) is 0 Å². The molecule has 0 saturated carbocycles. The standard InChI is InChI=1S/C20H17N5O3/c1-25-15-5-3-2-4-13(15)18(26)16(20(25)28)17-14(19(27)24-23-17)10-22-12-8-6-11(21)7-9-12/h2-10,26H,21H2,1H3,(H2,23,24,27). The number of nitrogens with two attached hydrogens (primary N) is 1. The Balaban J connectivity index is 1.91. The smallest absolute Gasteiger partial charge is 0.273 e. The lowest BCUT2D eigenvalue weighted by atomic mass is 10.1. The molecule has 8 nitrogen and oxygen atoms in total. The molecule has 2 heterocycles. The number of aryl methyl sites for hydroxylation is 1. The van der Waals surface area contributed by atoms with Gasteiger partial charge < -0.3 is 15.4 Å². The van der Waals surface area contributed by atoms with Crippen molar-refractivity contribution in [3.05, 3.63) is 74.8 Å². The van der Waals surface area contributed by atoms with E-state index in [-0.39, 0.29) is 22.6 Å². The van der Waals surface area contributed by atoms with E-state index in [0.717, 1.165) is 0 Å². The van der Waals surface area contributed by atoms with Crippen LogP contribution in [0, 0.1) is 0 Å². The molecule has 0 spiro atoms. The Kier molecular flexibility index (Phi) is 4.08. The van der Waals surface area contributed by atoms with Crippen molar-refractivity contribution in [2.24, 2.45) is 12.0 Å². The van der Waals surface area contributed by atoms with E-state index in [1.807, 2.05) is 0 Å². The summed E-state index contributed by atoms with van der Waals surface area (Å²) >= 11 is 0. The van der Waals surface area contributed by atoms with Crippen molar-refractivity contribution < 1.29 is 5.11 Å². The number of H-pyrrole nitrogens is 2. The van der Waals surface area contributed by atoms with Gasteiger partial charge in [0.1, 0.15) is 11.3 Å². The van der Waals surface area contributed by atoms with Crippen LogP contribution < -0.4 is 16.9 Å². The quantitative estimate of drug-likeness (QED) is 0.323. The monoisotopic (exact) mass is 375 g/mol. The van der Waals surface area contributed by atoms with Gasteiger partial charge in [-0.15, -0.1) is 0 Å². The fourth-order valence-electron chi connectivity index (χ4n) is 3.09. The fraction of sp³-hybridized carbons (Fsp3) is 0.0500. The third-order valence-corrected chi connectivity index (χ3v) is 4.58. The van der Waals surface area contributed by atoms with Gasteiger partial charge in [-0.05, 0) is 36.4 Å². The molecule has 2 aromatic heterocycles. The largest absolute Gasteiger partial charge is 0.506 e. The number of pyridine rings is 1. The van der Waals surface area contributed by atoms with Crippen molar-refractivity contribution in [1.82, 2.24) is 14.8 Å². The first-order valence-electron chi connectivity index (χ1n) is 8.48. The van der Waals surface area contributed by atoms with E-state index in [0.29, 0.717) is 22.3 Å². The molecule has 0 aliphatic carbocycles.